The van der Waals surface area contributed by atoms with Gasteiger partial charge in [0.25, 0.3) is 0 Å². The summed E-state index contributed by atoms with van der Waals surface area (Å²) >= 11 is 0. The summed E-state index contributed by atoms with van der Waals surface area (Å²) in [7, 11) is 0. The van der Waals surface area contributed by atoms with Crippen LogP contribution in [-0.2, 0) is 4.79 Å². The van der Waals surface area contributed by atoms with E-state index < -0.39 is 5.97 Å². The van der Waals surface area contributed by atoms with E-state index in [0.717, 1.165) is 38.5 Å². The van der Waals surface area contributed by atoms with E-state index in [1.165, 1.54) is 0 Å². The molecule has 1 N–H and O–H groups in total. The number of rotatable bonds is 13. The summed E-state index contributed by atoms with van der Waals surface area (Å²) in [5.74, 6) is -0.719. The number of hydrogen-bond acceptors (Lipinski definition) is 1. The third-order valence-corrected chi connectivity index (χ3v) is 2.79. The van der Waals surface area contributed by atoms with Gasteiger partial charge in [-0.15, -0.1) is 0 Å². The molecule has 2 nitrogen and oxygen atoms in total. The van der Waals surface area contributed by atoms with Crippen molar-refractivity contribution in [3.05, 3.63) is 73.4 Å². The number of hydrogen-bond donors (Lipinski definition) is 1. The lowest BCUT2D eigenvalue weighted by Crippen LogP contribution is -1.92. The summed E-state index contributed by atoms with van der Waals surface area (Å²) < 4.78 is 0. The highest BCUT2D eigenvalue weighted by molar-refractivity contribution is 5.66. The molecule has 0 spiro atoms. The van der Waals surface area contributed by atoms with Crippen molar-refractivity contribution in [3.63, 3.8) is 0 Å². The van der Waals surface area contributed by atoms with Gasteiger partial charge in [0.05, 0.1) is 0 Å². The normalized spacial score (nSPS) is 12.5. The fourth-order valence-electron chi connectivity index (χ4n) is 1.65. The van der Waals surface area contributed by atoms with Gasteiger partial charge in [-0.3, -0.25) is 4.79 Å². The Morgan fingerprint density at radius 3 is 1.68 bits per heavy atom. The van der Waals surface area contributed by atoms with Gasteiger partial charge in [0.1, 0.15) is 0 Å². The van der Waals surface area contributed by atoms with Crippen molar-refractivity contribution in [2.45, 2.75) is 44.9 Å². The Hall–Kier alpha value is -2.09. The predicted octanol–water partition coefficient (Wildman–Crippen LogP) is 5.77. The fourth-order valence-corrected chi connectivity index (χ4v) is 1.65. The number of carboxylic acids is 1. The second-order valence-electron chi connectivity index (χ2n) is 4.78. The quantitative estimate of drug-likeness (QED) is 0.266. The van der Waals surface area contributed by atoms with E-state index in [9.17, 15) is 4.79 Å². The second kappa shape index (κ2) is 17.0. The molecule has 0 atom stereocenters. The molecule has 0 aliphatic rings. The number of aliphatic carboxylic acids is 1. The molecule has 120 valence electrons. The van der Waals surface area contributed by atoms with Crippen LogP contribution in [0, 0.1) is 0 Å². The van der Waals surface area contributed by atoms with Gasteiger partial charge in [0.15, 0.2) is 0 Å². The van der Waals surface area contributed by atoms with Crippen LogP contribution in [0.1, 0.15) is 44.9 Å². The number of unbranched alkanes of at least 4 members (excludes halogenated alkanes) is 1. The fraction of sp³-hybridized carbons (Fsp3) is 0.350. The molecule has 0 aliphatic carbocycles. The molecule has 0 amide bonds. The van der Waals surface area contributed by atoms with E-state index in [1.54, 1.807) is 6.08 Å². The minimum Gasteiger partial charge on any atom is -0.481 e. The number of carbonyl (C=O) groups is 1. The van der Waals surface area contributed by atoms with Gasteiger partial charge in [0, 0.05) is 6.42 Å². The molecule has 22 heavy (non-hydrogen) atoms. The van der Waals surface area contributed by atoms with Crippen LogP contribution >= 0.6 is 0 Å². The zero-order chi connectivity index (χ0) is 16.3. The summed E-state index contributed by atoms with van der Waals surface area (Å²) in [5, 5.41) is 8.49. The Bertz CT molecular complexity index is 423. The molecule has 0 bridgehead atoms. The molecule has 0 rings (SSSR count). The van der Waals surface area contributed by atoms with E-state index in [1.807, 2.05) is 6.08 Å². The van der Waals surface area contributed by atoms with E-state index >= 15 is 0 Å². The summed E-state index contributed by atoms with van der Waals surface area (Å²) in [6.07, 6.45) is 28.5. The van der Waals surface area contributed by atoms with E-state index in [2.05, 4.69) is 61.3 Å². The van der Waals surface area contributed by atoms with Crippen molar-refractivity contribution in [1.29, 1.82) is 0 Å². The molecule has 0 aromatic rings. The van der Waals surface area contributed by atoms with Crippen molar-refractivity contribution in [2.75, 3.05) is 0 Å². The average molecular weight is 300 g/mol. The summed E-state index contributed by atoms with van der Waals surface area (Å²) in [6, 6.07) is 0. The van der Waals surface area contributed by atoms with Crippen LogP contribution in [0.25, 0.3) is 0 Å². The third kappa shape index (κ3) is 17.9. The largest absolute Gasteiger partial charge is 0.481 e. The van der Waals surface area contributed by atoms with E-state index in [-0.39, 0.29) is 6.42 Å². The third-order valence-electron chi connectivity index (χ3n) is 2.79. The molecule has 0 aromatic carbocycles. The van der Waals surface area contributed by atoms with Gasteiger partial charge in [-0.25, -0.2) is 0 Å². The second-order valence-corrected chi connectivity index (χ2v) is 4.78. The molecule has 0 saturated carbocycles. The smallest absolute Gasteiger partial charge is 0.303 e. The van der Waals surface area contributed by atoms with Crippen LogP contribution in [0.3, 0.4) is 0 Å². The topological polar surface area (TPSA) is 37.3 Å². The van der Waals surface area contributed by atoms with Gasteiger partial charge in [0.2, 0.25) is 0 Å². The average Bonchev–Trinajstić information content (AvgIpc) is 2.50. The molecular weight excluding hydrogens is 272 g/mol. The highest BCUT2D eigenvalue weighted by Gasteiger charge is 1.92. The van der Waals surface area contributed by atoms with Gasteiger partial charge in [-0.2, -0.15) is 0 Å². The van der Waals surface area contributed by atoms with Crippen molar-refractivity contribution < 1.29 is 9.90 Å². The maximum Gasteiger partial charge on any atom is 0.303 e. The summed E-state index contributed by atoms with van der Waals surface area (Å²) in [6.45, 7) is 3.62. The summed E-state index contributed by atoms with van der Waals surface area (Å²) in [4.78, 5) is 10.3. The Morgan fingerprint density at radius 1 is 0.773 bits per heavy atom. The highest BCUT2D eigenvalue weighted by Crippen LogP contribution is 1.99. The predicted molar refractivity (Wildman–Crippen MR) is 95.9 cm³/mol. The Morgan fingerprint density at radius 2 is 1.23 bits per heavy atom. The standard InChI is InChI=1S/C20H28O2/c1-2-3-4-5-6-7-8-9-10-11-12-13-14-15-16-17-18-19-20(21)22/h2-4,6-7,9-10,12-13,15-16H,1,5,8,11,14,17-19H2,(H,21,22)/b4-3-,7-6-,10-9-,13-12-,16-15-. The van der Waals surface area contributed by atoms with Crippen molar-refractivity contribution in [3.8, 4) is 0 Å². The summed E-state index contributed by atoms with van der Waals surface area (Å²) in [5.41, 5.74) is 0. The molecule has 2 heteroatoms. The molecule has 0 saturated heterocycles. The van der Waals surface area contributed by atoms with Gasteiger partial charge < -0.3 is 5.11 Å². The number of carboxylic acid groups (broad SMARTS) is 1. The lowest BCUT2D eigenvalue weighted by molar-refractivity contribution is -0.137. The van der Waals surface area contributed by atoms with Crippen LogP contribution in [-0.4, -0.2) is 11.1 Å². The monoisotopic (exact) mass is 300 g/mol. The molecule has 0 aromatic heterocycles. The number of allylic oxidation sites excluding steroid dienone is 11. The highest BCUT2D eigenvalue weighted by atomic mass is 16.4. The van der Waals surface area contributed by atoms with Crippen LogP contribution in [0.5, 0.6) is 0 Å². The first-order valence-electron chi connectivity index (χ1n) is 7.86. The Balaban J connectivity index is 3.47. The molecule has 0 aliphatic heterocycles. The van der Waals surface area contributed by atoms with Crippen LogP contribution in [0.4, 0.5) is 0 Å². The maximum atomic E-state index is 10.3. The van der Waals surface area contributed by atoms with Crippen molar-refractivity contribution in [2.24, 2.45) is 0 Å². The van der Waals surface area contributed by atoms with Crippen LogP contribution in [0.2, 0.25) is 0 Å². The minimum atomic E-state index is -0.719. The molecule has 0 heterocycles. The SMILES string of the molecule is C=C/C=C\C/C=C\C/C=C\C/C=C\C/C=C\CCCC(=O)O. The molecule has 0 radical (unpaired) electrons. The lowest BCUT2D eigenvalue weighted by atomic mass is 10.2. The molecule has 0 unspecified atom stereocenters. The Labute approximate surface area is 134 Å². The lowest BCUT2D eigenvalue weighted by Gasteiger charge is -1.89. The first-order valence-corrected chi connectivity index (χ1v) is 7.86. The molecule has 0 fully saturated rings. The Kier molecular flexibility index (Phi) is 15.4. The van der Waals surface area contributed by atoms with Gasteiger partial charge >= 0.3 is 5.97 Å². The maximum absolute atomic E-state index is 10.3. The zero-order valence-corrected chi connectivity index (χ0v) is 13.4. The van der Waals surface area contributed by atoms with E-state index in [4.69, 9.17) is 5.11 Å². The van der Waals surface area contributed by atoms with Crippen molar-refractivity contribution in [1.82, 2.24) is 0 Å². The minimum absolute atomic E-state index is 0.254. The van der Waals surface area contributed by atoms with Crippen LogP contribution in [0.15, 0.2) is 73.4 Å². The zero-order valence-electron chi connectivity index (χ0n) is 13.4. The van der Waals surface area contributed by atoms with Crippen LogP contribution < -0.4 is 0 Å². The van der Waals surface area contributed by atoms with Crippen molar-refractivity contribution >= 4 is 5.97 Å². The first-order chi connectivity index (χ1) is 10.8. The van der Waals surface area contributed by atoms with Gasteiger partial charge in [-0.1, -0.05) is 73.4 Å². The van der Waals surface area contributed by atoms with Gasteiger partial charge in [-0.05, 0) is 38.5 Å². The van der Waals surface area contributed by atoms with E-state index in [0.29, 0.717) is 0 Å². The molecular formula is C20H28O2. The first kappa shape index (κ1) is 19.9.